The SMILES string of the molecule is O=C1NC(=O)N(c2ccc(O)cc2)C(=O)/C1=C/c1cc(Br)cc(Br)c1OCc1ccc(C(=O)O)cc1. The van der Waals surface area contributed by atoms with Crippen molar-refractivity contribution >= 4 is 67.4 Å². The van der Waals surface area contributed by atoms with Crippen LogP contribution in [0.2, 0.25) is 0 Å². The number of rotatable bonds is 6. The van der Waals surface area contributed by atoms with Crippen LogP contribution in [0.5, 0.6) is 11.5 Å². The van der Waals surface area contributed by atoms with Crippen LogP contribution in [0.4, 0.5) is 10.5 Å². The third kappa shape index (κ3) is 5.31. The summed E-state index contributed by atoms with van der Waals surface area (Å²) in [5.74, 6) is -2.48. The second-order valence-electron chi connectivity index (χ2n) is 7.57. The van der Waals surface area contributed by atoms with E-state index in [0.29, 0.717) is 25.8 Å². The molecule has 11 heteroatoms. The lowest BCUT2D eigenvalue weighted by Crippen LogP contribution is -2.54. The lowest BCUT2D eigenvalue weighted by atomic mass is 10.1. The summed E-state index contributed by atoms with van der Waals surface area (Å²) < 4.78 is 7.12. The smallest absolute Gasteiger partial charge is 0.335 e. The molecule has 4 rings (SSSR count). The monoisotopic (exact) mass is 614 g/mol. The summed E-state index contributed by atoms with van der Waals surface area (Å²) in [7, 11) is 0. The number of hydrogen-bond acceptors (Lipinski definition) is 6. The zero-order valence-electron chi connectivity index (χ0n) is 18.2. The number of aromatic carboxylic acids is 1. The summed E-state index contributed by atoms with van der Waals surface area (Å²) in [6, 6.07) is 14.0. The molecule has 1 fully saturated rings. The summed E-state index contributed by atoms with van der Waals surface area (Å²) in [5.41, 5.74) is 1.08. The van der Waals surface area contributed by atoms with E-state index in [9.17, 15) is 24.3 Å². The van der Waals surface area contributed by atoms with Crippen molar-refractivity contribution in [3.63, 3.8) is 0 Å². The Balaban J connectivity index is 1.67. The van der Waals surface area contributed by atoms with E-state index in [1.807, 2.05) is 0 Å². The molecule has 4 amide bonds. The van der Waals surface area contributed by atoms with Crippen molar-refractivity contribution in [3.05, 3.63) is 91.9 Å². The summed E-state index contributed by atoms with van der Waals surface area (Å²) >= 11 is 6.81. The summed E-state index contributed by atoms with van der Waals surface area (Å²) in [6.07, 6.45) is 1.32. The maximum atomic E-state index is 13.2. The van der Waals surface area contributed by atoms with E-state index < -0.39 is 23.8 Å². The van der Waals surface area contributed by atoms with Gasteiger partial charge < -0.3 is 14.9 Å². The number of imide groups is 2. The Bertz CT molecular complexity index is 1420. The van der Waals surface area contributed by atoms with Gasteiger partial charge in [-0.05, 0) is 76.1 Å². The largest absolute Gasteiger partial charge is 0.508 e. The third-order valence-corrected chi connectivity index (χ3v) is 6.18. The number of halogens is 2. The molecule has 0 bridgehead atoms. The number of nitrogens with one attached hydrogen (secondary N) is 1. The van der Waals surface area contributed by atoms with Crippen molar-refractivity contribution in [1.82, 2.24) is 5.32 Å². The van der Waals surface area contributed by atoms with Crippen LogP contribution in [0, 0.1) is 0 Å². The number of ether oxygens (including phenoxy) is 1. The van der Waals surface area contributed by atoms with Gasteiger partial charge in [0.25, 0.3) is 11.8 Å². The third-order valence-electron chi connectivity index (χ3n) is 5.13. The molecule has 0 spiro atoms. The highest BCUT2D eigenvalue weighted by Gasteiger charge is 2.37. The molecule has 36 heavy (non-hydrogen) atoms. The number of aromatic hydroxyl groups is 1. The highest BCUT2D eigenvalue weighted by Crippen LogP contribution is 2.36. The average molecular weight is 616 g/mol. The van der Waals surface area contributed by atoms with Crippen LogP contribution in [-0.2, 0) is 16.2 Å². The van der Waals surface area contributed by atoms with E-state index >= 15 is 0 Å². The molecule has 9 nitrogen and oxygen atoms in total. The lowest BCUT2D eigenvalue weighted by molar-refractivity contribution is -0.122. The molecule has 3 aromatic carbocycles. The predicted octanol–water partition coefficient (Wildman–Crippen LogP) is 4.86. The zero-order valence-corrected chi connectivity index (χ0v) is 21.4. The molecule has 0 aromatic heterocycles. The minimum Gasteiger partial charge on any atom is -0.508 e. The molecule has 0 unspecified atom stereocenters. The van der Waals surface area contributed by atoms with Gasteiger partial charge in [0.05, 0.1) is 15.7 Å². The summed E-state index contributed by atoms with van der Waals surface area (Å²) in [4.78, 5) is 50.0. The van der Waals surface area contributed by atoms with Gasteiger partial charge in [-0.3, -0.25) is 14.9 Å². The minimum absolute atomic E-state index is 0.0474. The van der Waals surface area contributed by atoms with Crippen molar-refractivity contribution in [2.24, 2.45) is 0 Å². The van der Waals surface area contributed by atoms with Gasteiger partial charge in [0.15, 0.2) is 0 Å². The fourth-order valence-electron chi connectivity index (χ4n) is 3.39. The number of barbiturate groups is 1. The molecule has 182 valence electrons. The van der Waals surface area contributed by atoms with Gasteiger partial charge in [0, 0.05) is 10.0 Å². The lowest BCUT2D eigenvalue weighted by Gasteiger charge is -2.26. The Morgan fingerprint density at radius 2 is 1.67 bits per heavy atom. The Hall–Kier alpha value is -3.96. The standard InChI is InChI=1S/C25H16Br2N2O7/c26-16-9-15(21(20(27)11-16)36-12-13-1-3-14(4-2-13)24(33)34)10-19-22(31)28-25(35)29(23(19)32)17-5-7-18(30)8-6-17/h1-11,30H,12H2,(H,33,34)(H,28,31,35)/b19-10+. The van der Waals surface area contributed by atoms with Gasteiger partial charge in [-0.25, -0.2) is 14.5 Å². The van der Waals surface area contributed by atoms with Gasteiger partial charge in [-0.15, -0.1) is 0 Å². The van der Waals surface area contributed by atoms with Gasteiger partial charge in [0.1, 0.15) is 23.7 Å². The molecule has 0 radical (unpaired) electrons. The highest BCUT2D eigenvalue weighted by atomic mass is 79.9. The number of carboxylic acid groups (broad SMARTS) is 1. The number of amides is 4. The van der Waals surface area contributed by atoms with E-state index in [-0.39, 0.29) is 29.2 Å². The number of phenolic OH excluding ortho intramolecular Hbond substituents is 1. The maximum absolute atomic E-state index is 13.2. The fraction of sp³-hybridized carbons (Fsp3) is 0.0400. The maximum Gasteiger partial charge on any atom is 0.335 e. The Morgan fingerprint density at radius 3 is 2.31 bits per heavy atom. The van der Waals surface area contributed by atoms with E-state index in [1.54, 1.807) is 24.3 Å². The van der Waals surface area contributed by atoms with E-state index in [1.165, 1.54) is 42.5 Å². The number of nitrogens with zero attached hydrogens (tertiary/aromatic N) is 1. The number of carboxylic acids is 1. The van der Waals surface area contributed by atoms with Crippen molar-refractivity contribution < 1.29 is 34.1 Å². The summed E-state index contributed by atoms with van der Waals surface area (Å²) in [5, 5.41) is 20.7. The fourth-order valence-corrected chi connectivity index (χ4v) is 4.76. The van der Waals surface area contributed by atoms with Gasteiger partial charge in [-0.1, -0.05) is 28.1 Å². The van der Waals surface area contributed by atoms with Gasteiger partial charge in [-0.2, -0.15) is 0 Å². The summed E-state index contributed by atoms with van der Waals surface area (Å²) in [6.45, 7) is 0.0779. The Morgan fingerprint density at radius 1 is 1.00 bits per heavy atom. The predicted molar refractivity (Wildman–Crippen MR) is 137 cm³/mol. The van der Waals surface area contributed by atoms with E-state index in [4.69, 9.17) is 9.84 Å². The van der Waals surface area contributed by atoms with Crippen LogP contribution in [0.3, 0.4) is 0 Å². The van der Waals surface area contributed by atoms with Crippen LogP contribution in [0.25, 0.3) is 6.08 Å². The molecule has 3 N–H and O–H groups in total. The van der Waals surface area contributed by atoms with Gasteiger partial charge >= 0.3 is 12.0 Å². The average Bonchev–Trinajstić information content (AvgIpc) is 2.82. The van der Waals surface area contributed by atoms with E-state index in [2.05, 4.69) is 37.2 Å². The van der Waals surface area contributed by atoms with Crippen LogP contribution < -0.4 is 15.0 Å². The second-order valence-corrected chi connectivity index (χ2v) is 9.34. The highest BCUT2D eigenvalue weighted by molar-refractivity contribution is 9.11. The molecule has 0 saturated carbocycles. The Kier molecular flexibility index (Phi) is 7.22. The molecular formula is C25H16Br2N2O7. The molecule has 1 saturated heterocycles. The van der Waals surface area contributed by atoms with Crippen LogP contribution in [0.15, 0.2) is 75.2 Å². The molecule has 1 aliphatic heterocycles. The molecule has 1 aliphatic rings. The van der Waals surface area contributed by atoms with E-state index in [0.717, 1.165) is 4.90 Å². The number of carbonyl (C=O) groups excluding carboxylic acids is 3. The van der Waals surface area contributed by atoms with Crippen molar-refractivity contribution in [3.8, 4) is 11.5 Å². The number of benzene rings is 3. The number of carbonyl (C=O) groups is 4. The molecule has 1 heterocycles. The number of urea groups is 1. The number of hydrogen-bond donors (Lipinski definition) is 3. The van der Waals surface area contributed by atoms with Crippen molar-refractivity contribution in [2.45, 2.75) is 6.61 Å². The van der Waals surface area contributed by atoms with Crippen LogP contribution >= 0.6 is 31.9 Å². The second kappa shape index (κ2) is 10.3. The first-order valence-electron chi connectivity index (χ1n) is 10.3. The minimum atomic E-state index is -1.04. The molecule has 0 aliphatic carbocycles. The van der Waals surface area contributed by atoms with Crippen molar-refractivity contribution in [2.75, 3.05) is 4.90 Å². The van der Waals surface area contributed by atoms with Crippen LogP contribution in [0.1, 0.15) is 21.5 Å². The Labute approximate surface area is 221 Å². The topological polar surface area (TPSA) is 133 Å². The number of phenols is 1. The quantitative estimate of drug-likeness (QED) is 0.266. The zero-order chi connectivity index (χ0) is 26.0. The number of anilines is 1. The van der Waals surface area contributed by atoms with Crippen LogP contribution in [-0.4, -0.2) is 34.0 Å². The molecular weight excluding hydrogens is 600 g/mol. The molecule has 3 aromatic rings. The first-order valence-corrected chi connectivity index (χ1v) is 11.9. The van der Waals surface area contributed by atoms with Crippen molar-refractivity contribution in [1.29, 1.82) is 0 Å². The molecule has 0 atom stereocenters. The van der Waals surface area contributed by atoms with Gasteiger partial charge in [0.2, 0.25) is 0 Å². The first-order chi connectivity index (χ1) is 17.1. The first kappa shape index (κ1) is 25.1. The normalized spacial score (nSPS) is 14.7.